The number of anilines is 1. The fourth-order valence-electron chi connectivity index (χ4n) is 3.90. The van der Waals surface area contributed by atoms with Gasteiger partial charge in [-0.2, -0.15) is 0 Å². The summed E-state index contributed by atoms with van der Waals surface area (Å²) >= 11 is 5.33. The first kappa shape index (κ1) is 23.8. The summed E-state index contributed by atoms with van der Waals surface area (Å²) in [4.78, 5) is 28.8. The lowest BCUT2D eigenvalue weighted by Crippen LogP contribution is -2.34. The van der Waals surface area contributed by atoms with Crippen molar-refractivity contribution in [3.05, 3.63) is 101 Å². The number of aromatic hydroxyl groups is 1. The van der Waals surface area contributed by atoms with E-state index < -0.39 is 23.7 Å². The second-order valence-electron chi connectivity index (χ2n) is 7.80. The number of nitrogens with one attached hydrogen (secondary N) is 2. The molecule has 4 aromatic rings. The number of hydrogen-bond acceptors (Lipinski definition) is 5. The van der Waals surface area contributed by atoms with Crippen LogP contribution in [-0.4, -0.2) is 27.0 Å². The van der Waals surface area contributed by atoms with E-state index in [0.717, 1.165) is 0 Å². The summed E-state index contributed by atoms with van der Waals surface area (Å²) < 4.78 is 14.1. The van der Waals surface area contributed by atoms with Gasteiger partial charge in [-0.25, -0.2) is 14.2 Å². The molecule has 4 rings (SSSR count). The van der Waals surface area contributed by atoms with E-state index in [9.17, 15) is 19.1 Å². The number of fused-ring (bicyclic) bond motifs is 1. The smallest absolute Gasteiger partial charge is 0.317 e. The summed E-state index contributed by atoms with van der Waals surface area (Å²) in [7, 11) is 0. The van der Waals surface area contributed by atoms with Crippen LogP contribution < -0.4 is 16.4 Å². The van der Waals surface area contributed by atoms with E-state index in [1.807, 2.05) is 0 Å². The van der Waals surface area contributed by atoms with Gasteiger partial charge in [-0.05, 0) is 29.8 Å². The Labute approximate surface area is 205 Å². The Morgan fingerprint density at radius 2 is 1.69 bits per heavy atom. The number of amides is 3. The fourth-order valence-corrected chi connectivity index (χ4v) is 4.20. The molecule has 0 fully saturated rings. The molecule has 0 aliphatic heterocycles. The average Bonchev–Trinajstić information content (AvgIpc) is 2.83. The van der Waals surface area contributed by atoms with Crippen molar-refractivity contribution in [1.29, 1.82) is 0 Å². The Bertz CT molecular complexity index is 1470. The molecule has 7 nitrogen and oxygen atoms in total. The minimum atomic E-state index is -0.855. The molecule has 0 aliphatic carbocycles. The number of aromatic nitrogens is 1. The molecule has 3 amide bonds. The van der Waals surface area contributed by atoms with E-state index in [2.05, 4.69) is 15.6 Å². The number of nitrogens with two attached hydrogens (primary N) is 1. The number of hydrogen-bond donors (Lipinski definition) is 4. The van der Waals surface area contributed by atoms with Crippen LogP contribution in [0.5, 0.6) is 5.75 Å². The van der Waals surface area contributed by atoms with Crippen molar-refractivity contribution in [3.63, 3.8) is 0 Å². The van der Waals surface area contributed by atoms with Crippen LogP contribution in [0.2, 0.25) is 0 Å². The van der Waals surface area contributed by atoms with Gasteiger partial charge in [-0.15, -0.1) is 0 Å². The largest absolute Gasteiger partial charge is 0.505 e. The van der Waals surface area contributed by atoms with E-state index in [4.69, 9.17) is 18.0 Å². The standard InChI is InChI=1S/C26H21FN4O3S/c1-14(15-8-3-6-12-19(15)30-24(33)16-9-2-5-11-18(16)27)22-23(32)21(25(35)31-26(28)34)17-10-4-7-13-20(17)29-22/h2-14,32H,1H3,(H,30,33)(H3,28,31,34,35). The van der Waals surface area contributed by atoms with Crippen molar-refractivity contribution >= 4 is 45.7 Å². The lowest BCUT2D eigenvalue weighted by Gasteiger charge is -2.20. The Hall–Kier alpha value is -4.37. The molecule has 35 heavy (non-hydrogen) atoms. The number of primary amides is 1. The van der Waals surface area contributed by atoms with E-state index in [-0.39, 0.29) is 27.6 Å². The van der Waals surface area contributed by atoms with Gasteiger partial charge >= 0.3 is 6.03 Å². The summed E-state index contributed by atoms with van der Waals surface area (Å²) in [6.45, 7) is 1.80. The van der Waals surface area contributed by atoms with E-state index >= 15 is 0 Å². The number of carbonyl (C=O) groups is 2. The highest BCUT2D eigenvalue weighted by atomic mass is 32.1. The normalized spacial score (nSPS) is 11.6. The van der Waals surface area contributed by atoms with Gasteiger partial charge < -0.3 is 16.2 Å². The van der Waals surface area contributed by atoms with Crippen LogP contribution in [0.15, 0.2) is 72.8 Å². The Balaban J connectivity index is 1.79. The number of pyridine rings is 1. The van der Waals surface area contributed by atoms with Gasteiger partial charge in [0.05, 0.1) is 22.3 Å². The molecular weight excluding hydrogens is 467 g/mol. The number of benzene rings is 3. The molecular formula is C26H21FN4O3S. The Morgan fingerprint density at radius 3 is 2.43 bits per heavy atom. The topological polar surface area (TPSA) is 117 Å². The maximum Gasteiger partial charge on any atom is 0.317 e. The van der Waals surface area contributed by atoms with Gasteiger partial charge in [-0.1, -0.05) is 67.7 Å². The molecule has 176 valence electrons. The third-order valence-electron chi connectivity index (χ3n) is 5.56. The maximum atomic E-state index is 14.1. The molecule has 0 bridgehead atoms. The van der Waals surface area contributed by atoms with Gasteiger partial charge in [0.15, 0.2) is 0 Å². The second kappa shape index (κ2) is 9.86. The molecule has 0 aliphatic rings. The van der Waals surface area contributed by atoms with Crippen molar-refractivity contribution < 1.29 is 19.1 Å². The minimum absolute atomic E-state index is 0.0387. The lowest BCUT2D eigenvalue weighted by atomic mass is 9.92. The summed E-state index contributed by atoms with van der Waals surface area (Å²) in [6, 6.07) is 18.8. The predicted octanol–water partition coefficient (Wildman–Crippen LogP) is 4.83. The van der Waals surface area contributed by atoms with Crippen molar-refractivity contribution in [3.8, 4) is 5.75 Å². The van der Waals surface area contributed by atoms with E-state index in [0.29, 0.717) is 22.2 Å². The highest BCUT2D eigenvalue weighted by Crippen LogP contribution is 2.38. The first-order valence-electron chi connectivity index (χ1n) is 10.6. The van der Waals surface area contributed by atoms with Gasteiger partial charge in [0.25, 0.3) is 5.91 Å². The van der Waals surface area contributed by atoms with Crippen molar-refractivity contribution in [2.75, 3.05) is 5.32 Å². The van der Waals surface area contributed by atoms with Crippen LogP contribution in [-0.2, 0) is 0 Å². The molecule has 0 spiro atoms. The van der Waals surface area contributed by atoms with Crippen molar-refractivity contribution in [1.82, 2.24) is 10.3 Å². The number of thiocarbonyl (C=S) groups is 1. The van der Waals surface area contributed by atoms with Crippen LogP contribution in [0.1, 0.15) is 40.0 Å². The Kier molecular flexibility index (Phi) is 6.70. The maximum absolute atomic E-state index is 14.1. The zero-order valence-corrected chi connectivity index (χ0v) is 19.4. The van der Waals surface area contributed by atoms with Gasteiger partial charge in [-0.3, -0.25) is 10.1 Å². The summed E-state index contributed by atoms with van der Waals surface area (Å²) in [6.07, 6.45) is 0. The number of halogens is 1. The van der Waals surface area contributed by atoms with Crippen LogP contribution in [0, 0.1) is 5.82 Å². The van der Waals surface area contributed by atoms with Gasteiger partial charge in [0.2, 0.25) is 0 Å². The zero-order chi connectivity index (χ0) is 25.1. The van der Waals surface area contributed by atoms with E-state index in [1.165, 1.54) is 18.2 Å². The summed E-state index contributed by atoms with van der Waals surface area (Å²) in [5.74, 6) is -1.98. The van der Waals surface area contributed by atoms with Crippen LogP contribution in [0.3, 0.4) is 0 Å². The molecule has 1 heterocycles. The number of para-hydroxylation sites is 2. The van der Waals surface area contributed by atoms with Crippen LogP contribution in [0.4, 0.5) is 14.9 Å². The first-order valence-corrected chi connectivity index (χ1v) is 11.1. The lowest BCUT2D eigenvalue weighted by molar-refractivity contribution is 0.102. The van der Waals surface area contributed by atoms with Gasteiger partial charge in [0, 0.05) is 17.0 Å². The van der Waals surface area contributed by atoms with Gasteiger partial charge in [0.1, 0.15) is 16.6 Å². The second-order valence-corrected chi connectivity index (χ2v) is 8.21. The van der Waals surface area contributed by atoms with E-state index in [1.54, 1.807) is 61.5 Å². The number of nitrogens with zero attached hydrogens (tertiary/aromatic N) is 1. The molecule has 9 heteroatoms. The quantitative estimate of drug-likeness (QED) is 0.300. The summed E-state index contributed by atoms with van der Waals surface area (Å²) in [5, 5.41) is 16.9. The fraction of sp³-hybridized carbons (Fsp3) is 0.0769. The Morgan fingerprint density at radius 1 is 1.03 bits per heavy atom. The molecule has 3 aromatic carbocycles. The SMILES string of the molecule is CC(c1ccccc1NC(=O)c1ccccc1F)c1nc2ccccc2c(C(=S)NC(N)=O)c1O. The molecule has 0 radical (unpaired) electrons. The molecule has 0 saturated carbocycles. The number of urea groups is 1. The van der Waals surface area contributed by atoms with Crippen molar-refractivity contribution in [2.24, 2.45) is 5.73 Å². The highest BCUT2D eigenvalue weighted by Gasteiger charge is 2.25. The predicted molar refractivity (Wildman–Crippen MR) is 136 cm³/mol. The molecule has 0 saturated heterocycles. The third-order valence-corrected chi connectivity index (χ3v) is 5.87. The minimum Gasteiger partial charge on any atom is -0.505 e. The molecule has 5 N–H and O–H groups in total. The van der Waals surface area contributed by atoms with Crippen LogP contribution in [0.25, 0.3) is 10.9 Å². The number of rotatable bonds is 5. The number of carbonyl (C=O) groups excluding carboxylic acids is 2. The first-order chi connectivity index (χ1) is 16.8. The highest BCUT2D eigenvalue weighted by molar-refractivity contribution is 7.80. The summed E-state index contributed by atoms with van der Waals surface area (Å²) in [5.41, 5.74) is 7.26. The van der Waals surface area contributed by atoms with Crippen LogP contribution >= 0.6 is 12.2 Å². The molecule has 1 unspecified atom stereocenters. The zero-order valence-electron chi connectivity index (χ0n) is 18.6. The average molecular weight is 489 g/mol. The third kappa shape index (κ3) is 4.80. The molecule has 1 atom stereocenters. The monoisotopic (exact) mass is 488 g/mol. The van der Waals surface area contributed by atoms with Crippen molar-refractivity contribution in [2.45, 2.75) is 12.8 Å². The molecule has 1 aromatic heterocycles.